The Balaban J connectivity index is 1.92. The number of benzene rings is 2. The number of amides is 1. The normalized spacial score (nSPS) is 10.5. The van der Waals surface area contributed by atoms with E-state index in [9.17, 15) is 9.59 Å². The zero-order valence-corrected chi connectivity index (χ0v) is 18.0. The smallest absolute Gasteiger partial charge is 0.343 e. The first-order chi connectivity index (χ1) is 14.9. The van der Waals surface area contributed by atoms with E-state index in [0.717, 1.165) is 13.1 Å². The molecule has 1 amide bonds. The topological polar surface area (TPSA) is 93.9 Å². The molecule has 0 saturated carbocycles. The maximum Gasteiger partial charge on any atom is 0.343 e. The fourth-order valence-electron chi connectivity index (χ4n) is 3.09. The minimum Gasteiger partial charge on any atom is -0.497 e. The third-order valence-corrected chi connectivity index (χ3v) is 4.66. The number of hydrogen-bond donors (Lipinski definition) is 1. The summed E-state index contributed by atoms with van der Waals surface area (Å²) in [6.45, 7) is 7.05. The van der Waals surface area contributed by atoms with Crippen LogP contribution in [0.15, 0.2) is 53.1 Å². The molecule has 3 aromatic rings. The minimum absolute atomic E-state index is 0.227. The van der Waals surface area contributed by atoms with Crippen molar-refractivity contribution in [3.63, 3.8) is 0 Å². The molecule has 0 atom stereocenters. The Morgan fingerprint density at radius 2 is 1.87 bits per heavy atom. The van der Waals surface area contributed by atoms with E-state index in [2.05, 4.69) is 15.4 Å². The largest absolute Gasteiger partial charge is 0.497 e. The lowest BCUT2D eigenvalue weighted by Crippen LogP contribution is -2.21. The predicted molar refractivity (Wildman–Crippen MR) is 118 cm³/mol. The Bertz CT molecular complexity index is 1070. The highest BCUT2D eigenvalue weighted by molar-refractivity contribution is 5.95. The summed E-state index contributed by atoms with van der Waals surface area (Å²) < 4.78 is 16.5. The van der Waals surface area contributed by atoms with Crippen LogP contribution in [0.5, 0.6) is 11.5 Å². The second-order valence-corrected chi connectivity index (χ2v) is 6.74. The van der Waals surface area contributed by atoms with Crippen molar-refractivity contribution >= 4 is 23.4 Å². The summed E-state index contributed by atoms with van der Waals surface area (Å²) in [4.78, 5) is 26.2. The van der Waals surface area contributed by atoms with Gasteiger partial charge in [-0.2, -0.15) is 0 Å². The zero-order valence-electron chi connectivity index (χ0n) is 18.0. The number of ether oxygens (including phenoxy) is 2. The SMILES string of the molecule is CCN(CC)c1cc(-c2ccc(OC)cc2OC(=O)c2cccc(NC(C)=O)c2)on1. The van der Waals surface area contributed by atoms with Crippen molar-refractivity contribution in [3.8, 4) is 22.8 Å². The predicted octanol–water partition coefficient (Wildman–Crippen LogP) is 4.37. The van der Waals surface area contributed by atoms with E-state index in [4.69, 9.17) is 14.0 Å². The van der Waals surface area contributed by atoms with Gasteiger partial charge in [-0.1, -0.05) is 11.2 Å². The Labute approximate surface area is 180 Å². The van der Waals surface area contributed by atoms with Crippen molar-refractivity contribution in [2.45, 2.75) is 20.8 Å². The maximum absolute atomic E-state index is 12.8. The van der Waals surface area contributed by atoms with Crippen molar-refractivity contribution in [3.05, 3.63) is 54.1 Å². The fourth-order valence-corrected chi connectivity index (χ4v) is 3.09. The molecule has 0 fully saturated rings. The molecule has 0 aliphatic rings. The molecule has 31 heavy (non-hydrogen) atoms. The molecule has 162 valence electrons. The molecule has 0 bridgehead atoms. The van der Waals surface area contributed by atoms with Gasteiger partial charge in [0.15, 0.2) is 11.6 Å². The lowest BCUT2D eigenvalue weighted by atomic mass is 10.1. The van der Waals surface area contributed by atoms with Crippen LogP contribution in [0, 0.1) is 0 Å². The molecule has 0 unspecified atom stereocenters. The van der Waals surface area contributed by atoms with Crippen LogP contribution in [0.4, 0.5) is 11.5 Å². The maximum atomic E-state index is 12.8. The number of esters is 1. The van der Waals surface area contributed by atoms with Gasteiger partial charge in [-0.05, 0) is 44.2 Å². The first kappa shape index (κ1) is 21.9. The van der Waals surface area contributed by atoms with Crippen molar-refractivity contribution in [1.29, 1.82) is 0 Å². The average Bonchev–Trinajstić information content (AvgIpc) is 3.24. The molecule has 1 N–H and O–H groups in total. The molecule has 0 spiro atoms. The Morgan fingerprint density at radius 3 is 2.55 bits per heavy atom. The third-order valence-electron chi connectivity index (χ3n) is 4.66. The van der Waals surface area contributed by atoms with Crippen molar-refractivity contribution in [2.24, 2.45) is 0 Å². The van der Waals surface area contributed by atoms with Crippen LogP contribution < -0.4 is 19.7 Å². The molecular weight excluding hydrogens is 398 g/mol. The first-order valence-corrected chi connectivity index (χ1v) is 9.95. The number of carbonyl (C=O) groups excluding carboxylic acids is 2. The van der Waals surface area contributed by atoms with Crippen LogP contribution in [0.2, 0.25) is 0 Å². The molecule has 0 radical (unpaired) electrons. The average molecular weight is 423 g/mol. The van der Waals surface area contributed by atoms with E-state index in [0.29, 0.717) is 34.1 Å². The Hall–Kier alpha value is -3.81. The molecule has 8 heteroatoms. The van der Waals surface area contributed by atoms with E-state index < -0.39 is 5.97 Å². The van der Waals surface area contributed by atoms with Crippen LogP contribution in [0.3, 0.4) is 0 Å². The number of nitrogens with zero attached hydrogens (tertiary/aromatic N) is 2. The summed E-state index contributed by atoms with van der Waals surface area (Å²) in [5.41, 5.74) is 1.37. The second-order valence-electron chi connectivity index (χ2n) is 6.74. The van der Waals surface area contributed by atoms with Crippen molar-refractivity contribution in [2.75, 3.05) is 30.4 Å². The lowest BCUT2D eigenvalue weighted by molar-refractivity contribution is -0.114. The van der Waals surface area contributed by atoms with E-state index in [-0.39, 0.29) is 11.7 Å². The first-order valence-electron chi connectivity index (χ1n) is 9.95. The van der Waals surface area contributed by atoms with Gasteiger partial charge in [-0.25, -0.2) is 4.79 Å². The molecular formula is C23H25N3O5. The number of aromatic nitrogens is 1. The number of hydrogen-bond acceptors (Lipinski definition) is 7. The summed E-state index contributed by atoms with van der Waals surface area (Å²) in [5.74, 6) is 1.18. The van der Waals surface area contributed by atoms with E-state index in [1.54, 1.807) is 42.5 Å². The number of anilines is 2. The van der Waals surface area contributed by atoms with Crippen LogP contribution >= 0.6 is 0 Å². The van der Waals surface area contributed by atoms with Gasteiger partial charge in [0.2, 0.25) is 5.91 Å². The highest BCUT2D eigenvalue weighted by Gasteiger charge is 2.19. The number of rotatable bonds is 8. The van der Waals surface area contributed by atoms with Gasteiger partial charge in [0.05, 0.1) is 18.2 Å². The van der Waals surface area contributed by atoms with Gasteiger partial charge >= 0.3 is 5.97 Å². The molecule has 2 aromatic carbocycles. The van der Waals surface area contributed by atoms with Crippen LogP contribution in [-0.2, 0) is 4.79 Å². The minimum atomic E-state index is -0.579. The summed E-state index contributed by atoms with van der Waals surface area (Å²) >= 11 is 0. The number of nitrogens with one attached hydrogen (secondary N) is 1. The van der Waals surface area contributed by atoms with Gasteiger partial charge in [0, 0.05) is 37.8 Å². The molecule has 8 nitrogen and oxygen atoms in total. The van der Waals surface area contributed by atoms with Crippen molar-refractivity contribution in [1.82, 2.24) is 5.16 Å². The number of carbonyl (C=O) groups is 2. The quantitative estimate of drug-likeness (QED) is 0.425. The lowest BCUT2D eigenvalue weighted by Gasteiger charge is -2.15. The molecule has 0 aliphatic heterocycles. The number of methoxy groups -OCH3 is 1. The van der Waals surface area contributed by atoms with Crippen LogP contribution in [0.1, 0.15) is 31.1 Å². The summed E-state index contributed by atoms with van der Waals surface area (Å²) in [6, 6.07) is 13.5. The van der Waals surface area contributed by atoms with Crippen LogP contribution in [0.25, 0.3) is 11.3 Å². The van der Waals surface area contributed by atoms with Gasteiger partial charge in [0.1, 0.15) is 11.5 Å². The highest BCUT2D eigenvalue weighted by Crippen LogP contribution is 2.35. The molecule has 1 heterocycles. The molecule has 3 rings (SSSR count). The monoisotopic (exact) mass is 423 g/mol. The summed E-state index contributed by atoms with van der Waals surface area (Å²) in [6.07, 6.45) is 0. The standard InChI is InChI=1S/C23H25N3O5/c1-5-26(6-2)22-14-21(31-25-22)19-11-10-18(29-4)13-20(19)30-23(28)16-8-7-9-17(12-16)24-15(3)27/h7-14H,5-6H2,1-4H3,(H,24,27). The molecule has 1 aromatic heterocycles. The fraction of sp³-hybridized carbons (Fsp3) is 0.261. The Kier molecular flexibility index (Phi) is 6.92. The van der Waals surface area contributed by atoms with Crippen LogP contribution in [-0.4, -0.2) is 37.2 Å². The van der Waals surface area contributed by atoms with E-state index in [1.807, 2.05) is 19.9 Å². The Morgan fingerprint density at radius 1 is 1.10 bits per heavy atom. The zero-order chi connectivity index (χ0) is 22.4. The van der Waals surface area contributed by atoms with Gasteiger partial charge in [-0.15, -0.1) is 0 Å². The highest BCUT2D eigenvalue weighted by atomic mass is 16.5. The van der Waals surface area contributed by atoms with Crippen molar-refractivity contribution < 1.29 is 23.6 Å². The van der Waals surface area contributed by atoms with Gasteiger partial charge in [0.25, 0.3) is 0 Å². The molecule has 0 aliphatic carbocycles. The second kappa shape index (κ2) is 9.80. The third kappa shape index (κ3) is 5.22. The van der Waals surface area contributed by atoms with E-state index >= 15 is 0 Å². The van der Waals surface area contributed by atoms with Gasteiger partial charge < -0.3 is 24.2 Å². The summed E-state index contributed by atoms with van der Waals surface area (Å²) in [7, 11) is 1.53. The van der Waals surface area contributed by atoms with Gasteiger partial charge in [-0.3, -0.25) is 4.79 Å². The summed E-state index contributed by atoms with van der Waals surface area (Å²) in [5, 5.41) is 6.78. The van der Waals surface area contributed by atoms with E-state index in [1.165, 1.54) is 14.0 Å². The molecule has 0 saturated heterocycles.